The van der Waals surface area contributed by atoms with Gasteiger partial charge in [-0.3, -0.25) is 0 Å². The summed E-state index contributed by atoms with van der Waals surface area (Å²) in [4.78, 5) is 0.000414. The van der Waals surface area contributed by atoms with Gasteiger partial charge in [-0.05, 0) is 42.2 Å². The van der Waals surface area contributed by atoms with Crippen molar-refractivity contribution in [3.63, 3.8) is 0 Å². The number of rotatable bonds is 5. The molecule has 0 spiro atoms. The summed E-state index contributed by atoms with van der Waals surface area (Å²) in [5.41, 5.74) is 2.27. The lowest BCUT2D eigenvalue weighted by Crippen LogP contribution is -2.11. The number of benzene rings is 2. The van der Waals surface area contributed by atoms with Gasteiger partial charge in [0.25, 0.3) is 0 Å². The van der Waals surface area contributed by atoms with Gasteiger partial charge in [0.15, 0.2) is 11.6 Å². The first-order valence-corrected chi connectivity index (χ1v) is 10.1. The number of aromatic nitrogens is 1. The molecule has 2 aromatic carbocycles. The van der Waals surface area contributed by atoms with Crippen LogP contribution < -0.4 is 9.88 Å². The van der Waals surface area contributed by atoms with Crippen molar-refractivity contribution in [2.45, 2.75) is 9.99 Å². The Kier molecular flexibility index (Phi) is 5.03. The highest BCUT2D eigenvalue weighted by Gasteiger charge is 2.20. The monoisotopic (exact) mass is 394 g/mol. The zero-order valence-electron chi connectivity index (χ0n) is 13.9. The van der Waals surface area contributed by atoms with E-state index in [1.54, 1.807) is 18.2 Å². The number of hydrogen-bond acceptors (Lipinski definition) is 6. The molecular formula is C17H15FN2O4S2. The van der Waals surface area contributed by atoms with Gasteiger partial charge in [-0.1, -0.05) is 29.1 Å². The van der Waals surface area contributed by atoms with Crippen molar-refractivity contribution in [2.24, 2.45) is 5.14 Å². The first-order valence-electron chi connectivity index (χ1n) is 7.36. The number of sulfonamides is 1. The Morgan fingerprint density at radius 2 is 1.81 bits per heavy atom. The number of primary sulfonamides is 1. The number of methoxy groups -OCH3 is 1. The molecule has 2 N–H and O–H groups in total. The predicted octanol–water partition coefficient (Wildman–Crippen LogP) is 3.53. The summed E-state index contributed by atoms with van der Waals surface area (Å²) in [5, 5.41) is 9.71. The second-order valence-electron chi connectivity index (χ2n) is 5.32. The molecule has 6 nitrogen and oxygen atoms in total. The van der Waals surface area contributed by atoms with Crippen molar-refractivity contribution in [3.05, 3.63) is 48.3 Å². The van der Waals surface area contributed by atoms with Gasteiger partial charge < -0.3 is 9.26 Å². The average Bonchev–Trinajstić information content (AvgIpc) is 3.05. The Morgan fingerprint density at radius 3 is 2.35 bits per heavy atom. The molecule has 0 saturated carbocycles. The van der Waals surface area contributed by atoms with Gasteiger partial charge in [0.05, 0.1) is 17.6 Å². The highest BCUT2D eigenvalue weighted by molar-refractivity contribution is 7.98. The summed E-state index contributed by atoms with van der Waals surface area (Å²) in [5.74, 6) is -0.393. The molecule has 0 aliphatic carbocycles. The van der Waals surface area contributed by atoms with Gasteiger partial charge >= 0.3 is 0 Å². The number of halogens is 1. The molecule has 3 rings (SSSR count). The third-order valence-corrected chi connectivity index (χ3v) is 5.32. The van der Waals surface area contributed by atoms with E-state index in [-0.39, 0.29) is 10.6 Å². The van der Waals surface area contributed by atoms with Crippen LogP contribution in [0.4, 0.5) is 4.39 Å². The lowest BCUT2D eigenvalue weighted by atomic mass is 10.0. The van der Waals surface area contributed by atoms with Gasteiger partial charge in [0.1, 0.15) is 5.69 Å². The molecule has 1 aromatic heterocycles. The molecule has 26 heavy (non-hydrogen) atoms. The zero-order chi connectivity index (χ0) is 18.9. The molecule has 0 radical (unpaired) electrons. The Hall–Kier alpha value is -2.36. The molecule has 0 unspecified atom stereocenters. The fourth-order valence-corrected chi connectivity index (χ4v) is 3.54. The molecule has 3 aromatic rings. The minimum atomic E-state index is -3.79. The van der Waals surface area contributed by atoms with E-state index in [2.05, 4.69) is 5.16 Å². The lowest BCUT2D eigenvalue weighted by molar-refractivity contribution is 0.353. The highest BCUT2D eigenvalue weighted by atomic mass is 32.2. The summed E-state index contributed by atoms with van der Waals surface area (Å²) in [6.07, 6.45) is 1.82. The smallest absolute Gasteiger partial charge is 0.238 e. The Bertz CT molecular complexity index is 1050. The quantitative estimate of drug-likeness (QED) is 0.665. The van der Waals surface area contributed by atoms with Crippen LogP contribution in [0.5, 0.6) is 5.75 Å². The van der Waals surface area contributed by atoms with Gasteiger partial charge in [-0.2, -0.15) is 0 Å². The molecule has 0 aliphatic rings. The molecule has 0 amide bonds. The van der Waals surface area contributed by atoms with Crippen molar-refractivity contribution < 1.29 is 22.1 Å². The lowest BCUT2D eigenvalue weighted by Gasteiger charge is -2.07. The molecular weight excluding hydrogens is 379 g/mol. The van der Waals surface area contributed by atoms with E-state index in [0.29, 0.717) is 27.5 Å². The molecule has 0 saturated heterocycles. The van der Waals surface area contributed by atoms with Crippen molar-refractivity contribution in [3.8, 4) is 28.1 Å². The van der Waals surface area contributed by atoms with Crippen LogP contribution in [0.2, 0.25) is 0 Å². The fourth-order valence-electron chi connectivity index (χ4n) is 2.49. The standard InChI is InChI=1S/C17H15FN2O4S2/c1-23-14-8-5-11(9-13(14)18)16-15(17(25-2)24-20-16)10-3-6-12(7-4-10)26(19,21)22/h3-9H,1-2H3,(H2,19,21,22). The van der Waals surface area contributed by atoms with Crippen LogP contribution in [0.3, 0.4) is 0 Å². The molecule has 0 fully saturated rings. The van der Waals surface area contributed by atoms with Crippen molar-refractivity contribution in [2.75, 3.05) is 13.4 Å². The number of ether oxygens (including phenoxy) is 1. The number of thioether (sulfide) groups is 1. The number of hydrogen-bond donors (Lipinski definition) is 1. The minimum Gasteiger partial charge on any atom is -0.494 e. The summed E-state index contributed by atoms with van der Waals surface area (Å²) < 4.78 is 47.2. The average molecular weight is 394 g/mol. The molecule has 0 aliphatic heterocycles. The molecule has 9 heteroatoms. The Morgan fingerprint density at radius 1 is 1.15 bits per heavy atom. The van der Waals surface area contributed by atoms with Crippen LogP contribution in [0.25, 0.3) is 22.4 Å². The van der Waals surface area contributed by atoms with E-state index in [1.165, 1.54) is 43.1 Å². The molecule has 0 atom stereocenters. The minimum absolute atomic E-state index is 0.000414. The van der Waals surface area contributed by atoms with Crippen LogP contribution in [0, 0.1) is 5.82 Å². The first kappa shape index (κ1) is 18.4. The van der Waals surface area contributed by atoms with Crippen molar-refractivity contribution >= 4 is 21.8 Å². The second kappa shape index (κ2) is 7.10. The third-order valence-electron chi connectivity index (χ3n) is 3.74. The number of nitrogens with zero attached hydrogens (tertiary/aromatic N) is 1. The maximum absolute atomic E-state index is 14.1. The van der Waals surface area contributed by atoms with E-state index in [1.807, 2.05) is 6.26 Å². The molecule has 136 valence electrons. The second-order valence-corrected chi connectivity index (χ2v) is 7.66. The summed E-state index contributed by atoms with van der Waals surface area (Å²) in [6.45, 7) is 0. The molecule has 1 heterocycles. The van der Waals surface area contributed by atoms with Crippen molar-refractivity contribution in [1.29, 1.82) is 0 Å². The van der Waals surface area contributed by atoms with E-state index < -0.39 is 15.8 Å². The van der Waals surface area contributed by atoms with Crippen LogP contribution in [0.15, 0.2) is 57.0 Å². The van der Waals surface area contributed by atoms with E-state index in [0.717, 1.165) is 0 Å². The van der Waals surface area contributed by atoms with Gasteiger partial charge in [-0.25, -0.2) is 17.9 Å². The molecule has 0 bridgehead atoms. The summed E-state index contributed by atoms with van der Waals surface area (Å²) >= 11 is 1.34. The topological polar surface area (TPSA) is 95.4 Å². The van der Waals surface area contributed by atoms with E-state index in [4.69, 9.17) is 14.4 Å². The van der Waals surface area contributed by atoms with Crippen LogP contribution >= 0.6 is 11.8 Å². The highest BCUT2D eigenvalue weighted by Crippen LogP contribution is 2.39. The first-order chi connectivity index (χ1) is 12.3. The van der Waals surface area contributed by atoms with Gasteiger partial charge in [0.2, 0.25) is 15.1 Å². The maximum atomic E-state index is 14.1. The van der Waals surface area contributed by atoms with Crippen LogP contribution in [0.1, 0.15) is 0 Å². The summed E-state index contributed by atoms with van der Waals surface area (Å²) in [6, 6.07) is 10.5. The SMILES string of the molecule is COc1ccc(-c2noc(SC)c2-c2ccc(S(N)(=O)=O)cc2)cc1F. The van der Waals surface area contributed by atoms with E-state index in [9.17, 15) is 12.8 Å². The predicted molar refractivity (Wildman–Crippen MR) is 97.0 cm³/mol. The Labute approximate surface area is 154 Å². The van der Waals surface area contributed by atoms with Crippen molar-refractivity contribution in [1.82, 2.24) is 5.16 Å². The number of nitrogens with two attached hydrogens (primary N) is 1. The van der Waals surface area contributed by atoms with Gasteiger partial charge in [-0.15, -0.1) is 0 Å². The van der Waals surface area contributed by atoms with Crippen LogP contribution in [-0.4, -0.2) is 26.9 Å². The fraction of sp³-hybridized carbons (Fsp3) is 0.118. The normalized spacial score (nSPS) is 11.5. The third kappa shape index (κ3) is 3.46. The maximum Gasteiger partial charge on any atom is 0.238 e. The van der Waals surface area contributed by atoms with Crippen LogP contribution in [-0.2, 0) is 10.0 Å². The van der Waals surface area contributed by atoms with Gasteiger partial charge in [0, 0.05) is 5.56 Å². The van der Waals surface area contributed by atoms with E-state index >= 15 is 0 Å². The Balaban J connectivity index is 2.13. The summed E-state index contributed by atoms with van der Waals surface area (Å²) in [7, 11) is -2.40. The largest absolute Gasteiger partial charge is 0.494 e. The zero-order valence-corrected chi connectivity index (χ0v) is 15.5.